The lowest BCUT2D eigenvalue weighted by Crippen LogP contribution is -2.21. The van der Waals surface area contributed by atoms with E-state index in [9.17, 15) is 5.11 Å². The fourth-order valence-corrected chi connectivity index (χ4v) is 1.32. The summed E-state index contributed by atoms with van der Waals surface area (Å²) in [7, 11) is 0. The van der Waals surface area contributed by atoms with Crippen LogP contribution in [0.1, 0.15) is 31.9 Å². The molecule has 0 aliphatic carbocycles. The van der Waals surface area contributed by atoms with Gasteiger partial charge in [-0.15, -0.1) is 0 Å². The first-order valence-corrected chi connectivity index (χ1v) is 4.84. The predicted octanol–water partition coefficient (Wildman–Crippen LogP) is 1.33. The second kappa shape index (κ2) is 5.67. The van der Waals surface area contributed by atoms with E-state index < -0.39 is 6.10 Å². The lowest BCUT2D eigenvalue weighted by atomic mass is 10.1. The highest BCUT2D eigenvalue weighted by molar-refractivity contribution is 5.08. The summed E-state index contributed by atoms with van der Waals surface area (Å²) in [5.41, 5.74) is 0.702. The van der Waals surface area contributed by atoms with Crippen LogP contribution in [0.5, 0.6) is 0 Å². The second-order valence-corrected chi connectivity index (χ2v) is 3.02. The van der Waals surface area contributed by atoms with Gasteiger partial charge < -0.3 is 9.84 Å². The minimum atomic E-state index is -0.638. The molecule has 0 radical (unpaired) electrons. The van der Waals surface area contributed by atoms with Gasteiger partial charge in [-0.1, -0.05) is 6.92 Å². The van der Waals surface area contributed by atoms with Crippen LogP contribution in [-0.2, 0) is 4.74 Å². The molecule has 4 heteroatoms. The molecule has 0 fully saturated rings. The maximum atomic E-state index is 9.91. The van der Waals surface area contributed by atoms with Crippen molar-refractivity contribution in [2.75, 3.05) is 6.61 Å². The van der Waals surface area contributed by atoms with Crippen LogP contribution in [0, 0.1) is 0 Å². The van der Waals surface area contributed by atoms with Gasteiger partial charge >= 0.3 is 0 Å². The van der Waals surface area contributed by atoms with Crippen LogP contribution in [0.2, 0.25) is 0 Å². The van der Waals surface area contributed by atoms with Crippen molar-refractivity contribution in [3.05, 3.63) is 24.3 Å². The minimum Gasteiger partial charge on any atom is -0.386 e. The molecular formula is C10H16N2O2. The summed E-state index contributed by atoms with van der Waals surface area (Å²) in [6.07, 6.45) is 4.62. The van der Waals surface area contributed by atoms with E-state index in [-0.39, 0.29) is 6.10 Å². The molecule has 0 aliphatic heterocycles. The summed E-state index contributed by atoms with van der Waals surface area (Å²) in [4.78, 5) is 7.71. The Hall–Kier alpha value is -1.00. The van der Waals surface area contributed by atoms with Gasteiger partial charge in [0.1, 0.15) is 12.4 Å². The van der Waals surface area contributed by atoms with Gasteiger partial charge in [-0.2, -0.15) is 0 Å². The largest absolute Gasteiger partial charge is 0.386 e. The molecule has 0 spiro atoms. The average Bonchev–Trinajstić information content (AvgIpc) is 2.26. The SMILES string of the molecule is CCOC(CC)C(O)c1cncnc1. The molecule has 1 N–H and O–H groups in total. The Balaban J connectivity index is 2.67. The number of aliphatic hydroxyl groups excluding tert-OH is 1. The van der Waals surface area contributed by atoms with E-state index >= 15 is 0 Å². The van der Waals surface area contributed by atoms with Crippen LogP contribution in [0.4, 0.5) is 0 Å². The third-order valence-corrected chi connectivity index (χ3v) is 2.06. The van der Waals surface area contributed by atoms with E-state index in [1.165, 1.54) is 6.33 Å². The lowest BCUT2D eigenvalue weighted by Gasteiger charge is -2.20. The van der Waals surface area contributed by atoms with Gasteiger partial charge in [0, 0.05) is 24.6 Å². The highest BCUT2D eigenvalue weighted by Crippen LogP contribution is 2.19. The minimum absolute atomic E-state index is 0.175. The van der Waals surface area contributed by atoms with Gasteiger partial charge in [0.2, 0.25) is 0 Å². The van der Waals surface area contributed by atoms with Crippen molar-refractivity contribution in [1.82, 2.24) is 9.97 Å². The summed E-state index contributed by atoms with van der Waals surface area (Å²) >= 11 is 0. The fourth-order valence-electron chi connectivity index (χ4n) is 1.32. The third-order valence-electron chi connectivity index (χ3n) is 2.06. The van der Waals surface area contributed by atoms with E-state index in [0.717, 1.165) is 6.42 Å². The summed E-state index contributed by atoms with van der Waals surface area (Å²) < 4.78 is 5.40. The van der Waals surface area contributed by atoms with Crippen LogP contribution >= 0.6 is 0 Å². The van der Waals surface area contributed by atoms with Crippen molar-refractivity contribution in [3.8, 4) is 0 Å². The van der Waals surface area contributed by atoms with Crippen molar-refractivity contribution in [2.45, 2.75) is 32.5 Å². The first-order valence-electron chi connectivity index (χ1n) is 4.84. The molecule has 2 atom stereocenters. The van der Waals surface area contributed by atoms with E-state index in [1.807, 2.05) is 13.8 Å². The number of ether oxygens (including phenoxy) is 1. The Morgan fingerprint density at radius 2 is 2.00 bits per heavy atom. The van der Waals surface area contributed by atoms with E-state index in [1.54, 1.807) is 12.4 Å². The number of hydrogen-bond acceptors (Lipinski definition) is 4. The molecule has 4 nitrogen and oxygen atoms in total. The monoisotopic (exact) mass is 196 g/mol. The first-order chi connectivity index (χ1) is 6.79. The predicted molar refractivity (Wildman–Crippen MR) is 52.7 cm³/mol. The molecule has 2 unspecified atom stereocenters. The number of aliphatic hydroxyl groups is 1. The van der Waals surface area contributed by atoms with Crippen LogP contribution in [0.15, 0.2) is 18.7 Å². The van der Waals surface area contributed by atoms with Crippen molar-refractivity contribution < 1.29 is 9.84 Å². The number of hydrogen-bond donors (Lipinski definition) is 1. The molecule has 1 aromatic rings. The summed E-state index contributed by atoms with van der Waals surface area (Å²) in [5, 5.41) is 9.91. The summed E-state index contributed by atoms with van der Waals surface area (Å²) in [6, 6.07) is 0. The van der Waals surface area contributed by atoms with Crippen molar-refractivity contribution in [2.24, 2.45) is 0 Å². The topological polar surface area (TPSA) is 55.2 Å². The van der Waals surface area contributed by atoms with Crippen molar-refractivity contribution in [1.29, 1.82) is 0 Å². The molecule has 78 valence electrons. The van der Waals surface area contributed by atoms with Crippen molar-refractivity contribution >= 4 is 0 Å². The number of nitrogens with zero attached hydrogens (tertiary/aromatic N) is 2. The number of rotatable bonds is 5. The summed E-state index contributed by atoms with van der Waals surface area (Å²) in [6.45, 7) is 4.49. The smallest absolute Gasteiger partial charge is 0.115 e. The Morgan fingerprint density at radius 3 is 2.50 bits per heavy atom. The lowest BCUT2D eigenvalue weighted by molar-refractivity contribution is -0.0358. The molecule has 0 aliphatic rings. The zero-order valence-electron chi connectivity index (χ0n) is 8.55. The Kier molecular flexibility index (Phi) is 4.49. The molecule has 1 aromatic heterocycles. The fraction of sp³-hybridized carbons (Fsp3) is 0.600. The molecule has 0 aromatic carbocycles. The molecule has 1 heterocycles. The van der Waals surface area contributed by atoms with Gasteiger partial charge in [0.15, 0.2) is 0 Å². The highest BCUT2D eigenvalue weighted by Gasteiger charge is 2.19. The third kappa shape index (κ3) is 2.75. The van der Waals surface area contributed by atoms with E-state index in [4.69, 9.17) is 4.74 Å². The van der Waals surface area contributed by atoms with Crippen LogP contribution in [-0.4, -0.2) is 27.8 Å². The molecule has 0 saturated carbocycles. The first kappa shape index (κ1) is 11.1. The average molecular weight is 196 g/mol. The van der Waals surface area contributed by atoms with Gasteiger partial charge in [0.05, 0.1) is 6.10 Å². The van der Waals surface area contributed by atoms with E-state index in [2.05, 4.69) is 9.97 Å². The molecule has 0 saturated heterocycles. The van der Waals surface area contributed by atoms with Crippen LogP contribution in [0.25, 0.3) is 0 Å². The second-order valence-electron chi connectivity index (χ2n) is 3.02. The Morgan fingerprint density at radius 1 is 1.36 bits per heavy atom. The zero-order valence-corrected chi connectivity index (χ0v) is 8.55. The summed E-state index contributed by atoms with van der Waals surface area (Å²) in [5.74, 6) is 0. The quantitative estimate of drug-likeness (QED) is 0.771. The normalized spacial score (nSPS) is 15.1. The zero-order chi connectivity index (χ0) is 10.4. The Bertz CT molecular complexity index is 254. The molecular weight excluding hydrogens is 180 g/mol. The van der Waals surface area contributed by atoms with Gasteiger partial charge in [0.25, 0.3) is 0 Å². The number of aromatic nitrogens is 2. The molecule has 1 rings (SSSR count). The molecule has 0 amide bonds. The van der Waals surface area contributed by atoms with Gasteiger partial charge in [-0.25, -0.2) is 9.97 Å². The maximum absolute atomic E-state index is 9.91. The molecule has 14 heavy (non-hydrogen) atoms. The highest BCUT2D eigenvalue weighted by atomic mass is 16.5. The van der Waals surface area contributed by atoms with E-state index in [0.29, 0.717) is 12.2 Å². The van der Waals surface area contributed by atoms with Gasteiger partial charge in [-0.05, 0) is 13.3 Å². The Labute approximate surface area is 84.0 Å². The maximum Gasteiger partial charge on any atom is 0.115 e. The van der Waals surface area contributed by atoms with Crippen molar-refractivity contribution in [3.63, 3.8) is 0 Å². The van der Waals surface area contributed by atoms with Gasteiger partial charge in [-0.3, -0.25) is 0 Å². The standard InChI is InChI=1S/C10H16N2O2/c1-3-9(14-4-2)10(13)8-5-11-7-12-6-8/h5-7,9-10,13H,3-4H2,1-2H3. The molecule has 0 bridgehead atoms. The van der Waals surface area contributed by atoms with Crippen LogP contribution in [0.3, 0.4) is 0 Å². The van der Waals surface area contributed by atoms with Crippen LogP contribution < -0.4 is 0 Å².